The second-order valence-corrected chi connectivity index (χ2v) is 8.70. The van der Waals surface area contributed by atoms with Crippen LogP contribution in [0.4, 0.5) is 16.2 Å². The van der Waals surface area contributed by atoms with E-state index < -0.39 is 17.8 Å². The smallest absolute Gasteiger partial charge is 0.335 e. The Morgan fingerprint density at radius 3 is 2.63 bits per heavy atom. The highest BCUT2D eigenvalue weighted by molar-refractivity contribution is 6.39. The number of hydrogen-bond donors (Lipinski definition) is 2. The molecule has 0 atom stereocenters. The third kappa shape index (κ3) is 5.05. The molecule has 2 N–H and O–H groups in total. The molecule has 0 spiro atoms. The Kier molecular flexibility index (Phi) is 6.53. The highest BCUT2D eigenvalue weighted by atomic mass is 16.7. The molecule has 0 aromatic heterocycles. The predicted molar refractivity (Wildman–Crippen MR) is 138 cm³/mol. The summed E-state index contributed by atoms with van der Waals surface area (Å²) in [5, 5.41) is 4.97. The number of hydrogen-bond acceptors (Lipinski definition) is 7. The molecule has 1 fully saturated rings. The monoisotopic (exact) mass is 513 g/mol. The quantitative estimate of drug-likeness (QED) is 0.380. The largest absolute Gasteiger partial charge is 0.484 e. The number of anilines is 2. The molecular formula is C28H23N3O7. The maximum absolute atomic E-state index is 13.2. The van der Waals surface area contributed by atoms with E-state index in [1.807, 2.05) is 32.0 Å². The summed E-state index contributed by atoms with van der Waals surface area (Å²) in [7, 11) is 0. The highest BCUT2D eigenvalue weighted by Crippen LogP contribution is 2.36. The van der Waals surface area contributed by atoms with Gasteiger partial charge in [-0.1, -0.05) is 18.2 Å². The number of imide groups is 2. The molecule has 192 valence electrons. The first-order chi connectivity index (χ1) is 18.3. The van der Waals surface area contributed by atoms with Gasteiger partial charge in [0.25, 0.3) is 17.7 Å². The lowest BCUT2D eigenvalue weighted by Gasteiger charge is -2.26. The minimum Gasteiger partial charge on any atom is -0.484 e. The summed E-state index contributed by atoms with van der Waals surface area (Å²) in [5.74, 6) is -0.715. The molecule has 2 heterocycles. The second kappa shape index (κ2) is 10.1. The molecule has 0 bridgehead atoms. The van der Waals surface area contributed by atoms with Gasteiger partial charge in [0.2, 0.25) is 6.79 Å². The Hall–Kier alpha value is -5.12. The summed E-state index contributed by atoms with van der Waals surface area (Å²) in [4.78, 5) is 51.4. The molecule has 5 rings (SSSR count). The van der Waals surface area contributed by atoms with Crippen molar-refractivity contribution in [1.29, 1.82) is 0 Å². The normalized spacial score (nSPS) is 15.5. The van der Waals surface area contributed by atoms with Crippen molar-refractivity contribution >= 4 is 41.2 Å². The van der Waals surface area contributed by atoms with Crippen LogP contribution >= 0.6 is 0 Å². The third-order valence-electron chi connectivity index (χ3n) is 6.05. The first-order valence-electron chi connectivity index (χ1n) is 11.7. The minimum absolute atomic E-state index is 0.0360. The lowest BCUT2D eigenvalue weighted by atomic mass is 10.1. The number of nitrogens with zero attached hydrogens (tertiary/aromatic N) is 1. The van der Waals surface area contributed by atoms with Gasteiger partial charge in [0.15, 0.2) is 18.1 Å². The number of amides is 5. The van der Waals surface area contributed by atoms with E-state index >= 15 is 0 Å². The van der Waals surface area contributed by atoms with Crippen molar-refractivity contribution in [1.82, 2.24) is 5.32 Å². The van der Waals surface area contributed by atoms with Gasteiger partial charge in [-0.15, -0.1) is 0 Å². The number of ether oxygens (including phenoxy) is 3. The average molecular weight is 514 g/mol. The first-order valence-corrected chi connectivity index (χ1v) is 11.7. The van der Waals surface area contributed by atoms with Gasteiger partial charge >= 0.3 is 6.03 Å². The van der Waals surface area contributed by atoms with E-state index in [2.05, 4.69) is 10.6 Å². The summed E-state index contributed by atoms with van der Waals surface area (Å²) in [6.45, 7) is 3.75. The van der Waals surface area contributed by atoms with Gasteiger partial charge in [0, 0.05) is 11.8 Å². The molecule has 2 aliphatic rings. The van der Waals surface area contributed by atoms with Crippen LogP contribution in [0, 0.1) is 13.8 Å². The van der Waals surface area contributed by atoms with E-state index in [1.54, 1.807) is 30.3 Å². The number of nitrogens with one attached hydrogen (secondary N) is 2. The number of aryl methyl sites for hydroxylation is 2. The van der Waals surface area contributed by atoms with Crippen molar-refractivity contribution < 1.29 is 33.4 Å². The van der Waals surface area contributed by atoms with E-state index in [0.717, 1.165) is 16.0 Å². The fourth-order valence-corrected chi connectivity index (χ4v) is 3.94. The molecule has 0 saturated carbocycles. The zero-order chi connectivity index (χ0) is 26.8. The van der Waals surface area contributed by atoms with Crippen molar-refractivity contribution in [2.24, 2.45) is 0 Å². The van der Waals surface area contributed by atoms with Gasteiger partial charge in [-0.3, -0.25) is 19.7 Å². The Labute approximate surface area is 217 Å². The maximum Gasteiger partial charge on any atom is 0.335 e. The van der Waals surface area contributed by atoms with Gasteiger partial charge in [-0.25, -0.2) is 9.69 Å². The minimum atomic E-state index is -0.872. The van der Waals surface area contributed by atoms with Gasteiger partial charge in [0.1, 0.15) is 11.3 Å². The molecule has 10 nitrogen and oxygen atoms in total. The Morgan fingerprint density at radius 2 is 1.82 bits per heavy atom. The third-order valence-corrected chi connectivity index (χ3v) is 6.05. The number of urea groups is 1. The highest BCUT2D eigenvalue weighted by Gasteiger charge is 2.37. The van der Waals surface area contributed by atoms with Crippen LogP contribution in [0.1, 0.15) is 16.7 Å². The van der Waals surface area contributed by atoms with Crippen LogP contribution in [0.2, 0.25) is 0 Å². The van der Waals surface area contributed by atoms with Crippen LogP contribution in [0.5, 0.6) is 17.2 Å². The number of benzene rings is 3. The van der Waals surface area contributed by atoms with Gasteiger partial charge in [-0.05, 0) is 73.0 Å². The Morgan fingerprint density at radius 1 is 1.00 bits per heavy atom. The number of fused-ring (bicyclic) bond motifs is 1. The lowest BCUT2D eigenvalue weighted by Crippen LogP contribution is -2.54. The van der Waals surface area contributed by atoms with Crippen molar-refractivity contribution in [2.75, 3.05) is 23.6 Å². The van der Waals surface area contributed by atoms with Crippen LogP contribution in [0.25, 0.3) is 6.08 Å². The van der Waals surface area contributed by atoms with Gasteiger partial charge in [0.05, 0.1) is 5.69 Å². The molecule has 3 aromatic carbocycles. The van der Waals surface area contributed by atoms with E-state index in [9.17, 15) is 19.2 Å². The zero-order valence-electron chi connectivity index (χ0n) is 20.6. The van der Waals surface area contributed by atoms with Crippen LogP contribution in [-0.2, 0) is 14.4 Å². The molecular weight excluding hydrogens is 490 g/mol. The van der Waals surface area contributed by atoms with E-state index in [0.29, 0.717) is 28.5 Å². The Balaban J connectivity index is 1.30. The van der Waals surface area contributed by atoms with Gasteiger partial charge < -0.3 is 19.5 Å². The molecule has 0 unspecified atom stereocenters. The van der Waals surface area contributed by atoms with Crippen LogP contribution in [-0.4, -0.2) is 37.2 Å². The second-order valence-electron chi connectivity index (χ2n) is 8.70. The number of carbonyl (C=O) groups is 4. The van der Waals surface area contributed by atoms with E-state index in [1.165, 1.54) is 18.2 Å². The summed E-state index contributed by atoms with van der Waals surface area (Å²) < 4.78 is 16.2. The molecule has 3 aromatic rings. The van der Waals surface area contributed by atoms with E-state index in [4.69, 9.17) is 14.2 Å². The van der Waals surface area contributed by atoms with Crippen molar-refractivity contribution in [3.63, 3.8) is 0 Å². The topological polar surface area (TPSA) is 123 Å². The molecule has 2 aliphatic heterocycles. The summed E-state index contributed by atoms with van der Waals surface area (Å²) >= 11 is 0. The predicted octanol–water partition coefficient (Wildman–Crippen LogP) is 3.72. The molecule has 5 amide bonds. The molecule has 0 radical (unpaired) electrons. The summed E-state index contributed by atoms with van der Waals surface area (Å²) in [6, 6.07) is 15.9. The average Bonchev–Trinajstić information content (AvgIpc) is 3.36. The van der Waals surface area contributed by atoms with E-state index in [-0.39, 0.29) is 30.6 Å². The summed E-state index contributed by atoms with van der Waals surface area (Å²) in [5.41, 5.74) is 3.30. The fourth-order valence-electron chi connectivity index (χ4n) is 3.94. The number of carbonyl (C=O) groups excluding carboxylic acids is 4. The SMILES string of the molecule is Cc1ccc(NC(=O)COc2cccc(/C=C3\C(=O)NC(=O)N(c4ccc5c(c4)OCO5)C3=O)c2)cc1C. The Bertz CT molecular complexity index is 1510. The van der Waals surface area contributed by atoms with Crippen LogP contribution < -0.4 is 29.7 Å². The van der Waals surface area contributed by atoms with Crippen LogP contribution in [0.3, 0.4) is 0 Å². The summed E-state index contributed by atoms with van der Waals surface area (Å²) in [6.07, 6.45) is 1.35. The zero-order valence-corrected chi connectivity index (χ0v) is 20.6. The number of barbiturate groups is 1. The van der Waals surface area contributed by atoms with Crippen molar-refractivity contribution in [3.05, 3.63) is 82.9 Å². The van der Waals surface area contributed by atoms with Gasteiger partial charge in [-0.2, -0.15) is 0 Å². The maximum atomic E-state index is 13.2. The molecule has 0 aliphatic carbocycles. The standard InChI is InChI=1S/C28H23N3O7/c1-16-6-7-19(10-17(16)2)29-25(32)14-36-21-5-3-4-18(11-21)12-22-26(33)30-28(35)31(27(22)34)20-8-9-23-24(13-20)38-15-37-23/h3-13H,14-15H2,1-2H3,(H,29,32)(H,30,33,35)/b22-12+. The van der Waals surface area contributed by atoms with Crippen LogP contribution in [0.15, 0.2) is 66.2 Å². The molecule has 38 heavy (non-hydrogen) atoms. The molecule has 1 saturated heterocycles. The first kappa shape index (κ1) is 24.6. The lowest BCUT2D eigenvalue weighted by molar-refractivity contribution is -0.122. The fraction of sp³-hybridized carbons (Fsp3) is 0.143. The number of rotatable bonds is 6. The van der Waals surface area contributed by atoms with Crippen molar-refractivity contribution in [2.45, 2.75) is 13.8 Å². The molecule has 10 heteroatoms. The van der Waals surface area contributed by atoms with Crippen molar-refractivity contribution in [3.8, 4) is 17.2 Å².